The topological polar surface area (TPSA) is 27.7 Å². The Bertz CT molecular complexity index is 459. The number of hydrogen-bond acceptors (Lipinski definition) is 3. The van der Waals surface area contributed by atoms with Crippen LogP contribution in [0.2, 0.25) is 0 Å². The highest BCUT2D eigenvalue weighted by molar-refractivity contribution is 5.34. The summed E-state index contributed by atoms with van der Waals surface area (Å²) in [4.78, 5) is 0. The van der Waals surface area contributed by atoms with Gasteiger partial charge in [-0.15, -0.1) is 0 Å². The molecule has 1 aromatic rings. The molecule has 0 amide bonds. The number of ether oxygens (including phenoxy) is 3. The van der Waals surface area contributed by atoms with E-state index in [9.17, 15) is 0 Å². The fourth-order valence-corrected chi connectivity index (χ4v) is 3.18. The van der Waals surface area contributed by atoms with Crippen LogP contribution in [0.1, 0.15) is 38.7 Å². The predicted octanol–water partition coefficient (Wildman–Crippen LogP) is 3.23. The first-order valence-electron chi connectivity index (χ1n) is 6.58. The van der Waals surface area contributed by atoms with Crippen molar-refractivity contribution in [2.45, 2.75) is 50.6 Å². The van der Waals surface area contributed by atoms with E-state index in [-0.39, 0.29) is 11.7 Å². The molecule has 1 aromatic carbocycles. The summed E-state index contributed by atoms with van der Waals surface area (Å²) in [5.41, 5.74) is 0.775. The number of fused-ring (bicyclic) bond motifs is 2. The average Bonchev–Trinajstić information content (AvgIpc) is 2.56. The molecule has 98 valence electrons. The molecule has 3 heteroatoms. The lowest BCUT2D eigenvalue weighted by Gasteiger charge is -2.28. The van der Waals surface area contributed by atoms with Crippen LogP contribution in [0.3, 0.4) is 0 Å². The van der Waals surface area contributed by atoms with Gasteiger partial charge in [-0.3, -0.25) is 0 Å². The van der Waals surface area contributed by atoms with Gasteiger partial charge in [-0.1, -0.05) is 12.1 Å². The molecule has 0 saturated carbocycles. The van der Waals surface area contributed by atoms with E-state index < -0.39 is 5.79 Å². The van der Waals surface area contributed by atoms with Crippen molar-refractivity contribution in [2.24, 2.45) is 0 Å². The third kappa shape index (κ3) is 1.73. The molecule has 0 aromatic heterocycles. The molecule has 2 saturated heterocycles. The molecule has 2 aliphatic rings. The Kier molecular flexibility index (Phi) is 2.65. The normalized spacial score (nSPS) is 38.7. The van der Waals surface area contributed by atoms with Crippen LogP contribution in [0.15, 0.2) is 24.3 Å². The molecule has 3 atom stereocenters. The molecule has 0 aliphatic carbocycles. The summed E-state index contributed by atoms with van der Waals surface area (Å²) in [6.45, 7) is 4.17. The van der Waals surface area contributed by atoms with E-state index in [1.807, 2.05) is 25.1 Å². The molecule has 2 aliphatic heterocycles. The van der Waals surface area contributed by atoms with Crippen LogP contribution in [0.25, 0.3) is 0 Å². The van der Waals surface area contributed by atoms with Crippen LogP contribution < -0.4 is 4.74 Å². The third-order valence-corrected chi connectivity index (χ3v) is 4.17. The Balaban J connectivity index is 1.99. The minimum atomic E-state index is -0.416. The maximum absolute atomic E-state index is 6.27. The van der Waals surface area contributed by atoms with Crippen LogP contribution >= 0.6 is 0 Å². The Morgan fingerprint density at radius 2 is 2.17 bits per heavy atom. The summed E-state index contributed by atoms with van der Waals surface area (Å²) < 4.78 is 17.6. The maximum Gasteiger partial charge on any atom is 0.167 e. The van der Waals surface area contributed by atoms with Gasteiger partial charge < -0.3 is 14.2 Å². The summed E-state index contributed by atoms with van der Waals surface area (Å²) in [6, 6.07) is 8.10. The minimum absolute atomic E-state index is 0.142. The van der Waals surface area contributed by atoms with Gasteiger partial charge in [-0.2, -0.15) is 0 Å². The van der Waals surface area contributed by atoms with Crippen LogP contribution in [-0.2, 0) is 15.1 Å². The lowest BCUT2D eigenvalue weighted by molar-refractivity contribution is -0.189. The molecule has 2 heterocycles. The second kappa shape index (κ2) is 3.97. The van der Waals surface area contributed by atoms with Crippen molar-refractivity contribution in [1.29, 1.82) is 0 Å². The van der Waals surface area contributed by atoms with E-state index in [1.165, 1.54) is 6.42 Å². The number of hydrogen-bond donors (Lipinski definition) is 0. The molecule has 3 rings (SSSR count). The van der Waals surface area contributed by atoms with Crippen LogP contribution in [0, 0.1) is 0 Å². The smallest absolute Gasteiger partial charge is 0.167 e. The van der Waals surface area contributed by atoms with Crippen LogP contribution in [0.5, 0.6) is 5.75 Å². The van der Waals surface area contributed by atoms with Crippen molar-refractivity contribution in [3.05, 3.63) is 29.8 Å². The van der Waals surface area contributed by atoms with Crippen LogP contribution in [0.4, 0.5) is 0 Å². The Morgan fingerprint density at radius 3 is 2.89 bits per heavy atom. The second-order valence-corrected chi connectivity index (χ2v) is 5.57. The van der Waals surface area contributed by atoms with E-state index in [1.54, 1.807) is 7.11 Å². The molecule has 0 unspecified atom stereocenters. The van der Waals surface area contributed by atoms with Crippen LogP contribution in [-0.4, -0.2) is 19.0 Å². The van der Waals surface area contributed by atoms with Crippen molar-refractivity contribution in [2.75, 3.05) is 7.11 Å². The molecular weight excluding hydrogens is 228 g/mol. The standard InChI is InChI=1S/C15H20O3/c1-14-9-5-8-13(17-14)15(2,18-14)11-6-4-7-12(10-11)16-3/h4,6-7,10,13H,5,8-9H2,1-3H3/t13-,14-,15-/m1/s1. The molecule has 0 radical (unpaired) electrons. The first-order valence-corrected chi connectivity index (χ1v) is 6.58. The zero-order valence-corrected chi connectivity index (χ0v) is 11.2. The number of rotatable bonds is 2. The van der Waals surface area contributed by atoms with Gasteiger partial charge in [0.15, 0.2) is 5.79 Å². The molecule has 0 spiro atoms. The monoisotopic (exact) mass is 248 g/mol. The lowest BCUT2D eigenvalue weighted by atomic mass is 9.87. The number of benzene rings is 1. The van der Waals surface area contributed by atoms with Gasteiger partial charge in [-0.05, 0) is 44.4 Å². The van der Waals surface area contributed by atoms with E-state index in [0.717, 1.165) is 24.2 Å². The largest absolute Gasteiger partial charge is 0.497 e. The maximum atomic E-state index is 6.27. The van der Waals surface area contributed by atoms with Gasteiger partial charge in [0.2, 0.25) is 0 Å². The Labute approximate surface area is 108 Å². The van der Waals surface area contributed by atoms with Gasteiger partial charge in [0.05, 0.1) is 13.2 Å². The molecule has 2 fully saturated rings. The summed E-state index contributed by atoms with van der Waals surface area (Å²) in [6.07, 6.45) is 3.34. The number of methoxy groups -OCH3 is 1. The third-order valence-electron chi connectivity index (χ3n) is 4.17. The molecule has 3 nitrogen and oxygen atoms in total. The van der Waals surface area contributed by atoms with E-state index >= 15 is 0 Å². The average molecular weight is 248 g/mol. The second-order valence-electron chi connectivity index (χ2n) is 5.57. The van der Waals surface area contributed by atoms with Crippen molar-refractivity contribution < 1.29 is 14.2 Å². The fraction of sp³-hybridized carbons (Fsp3) is 0.600. The van der Waals surface area contributed by atoms with E-state index in [2.05, 4.69) is 13.0 Å². The quantitative estimate of drug-likeness (QED) is 0.804. The lowest BCUT2D eigenvalue weighted by Crippen LogP contribution is -2.33. The summed E-state index contributed by atoms with van der Waals surface area (Å²) >= 11 is 0. The first-order chi connectivity index (χ1) is 8.56. The van der Waals surface area contributed by atoms with E-state index in [4.69, 9.17) is 14.2 Å². The molecule has 0 N–H and O–H groups in total. The minimum Gasteiger partial charge on any atom is -0.497 e. The van der Waals surface area contributed by atoms with Crippen molar-refractivity contribution in [1.82, 2.24) is 0 Å². The van der Waals surface area contributed by atoms with Crippen molar-refractivity contribution in [3.63, 3.8) is 0 Å². The van der Waals surface area contributed by atoms with Gasteiger partial charge >= 0.3 is 0 Å². The highest BCUT2D eigenvalue weighted by atomic mass is 16.8. The van der Waals surface area contributed by atoms with Gasteiger partial charge in [0, 0.05) is 6.42 Å². The SMILES string of the molecule is COc1cccc([C@@]2(C)O[C@]3(C)CCC[C@H]2O3)c1. The summed E-state index contributed by atoms with van der Waals surface area (Å²) in [5.74, 6) is 0.449. The summed E-state index contributed by atoms with van der Waals surface area (Å²) in [7, 11) is 1.69. The molecule has 2 bridgehead atoms. The molecular formula is C15H20O3. The van der Waals surface area contributed by atoms with E-state index in [0.29, 0.717) is 0 Å². The highest BCUT2D eigenvalue weighted by Crippen LogP contribution is 2.50. The highest BCUT2D eigenvalue weighted by Gasteiger charge is 2.55. The predicted molar refractivity (Wildman–Crippen MR) is 68.6 cm³/mol. The molecule has 18 heavy (non-hydrogen) atoms. The van der Waals surface area contributed by atoms with Gasteiger partial charge in [-0.25, -0.2) is 0 Å². The van der Waals surface area contributed by atoms with Crippen molar-refractivity contribution in [3.8, 4) is 5.75 Å². The van der Waals surface area contributed by atoms with Gasteiger partial charge in [0.25, 0.3) is 0 Å². The zero-order chi connectivity index (χ0) is 12.8. The summed E-state index contributed by atoms with van der Waals surface area (Å²) in [5, 5.41) is 0. The first kappa shape index (κ1) is 12.0. The van der Waals surface area contributed by atoms with Gasteiger partial charge in [0.1, 0.15) is 11.4 Å². The Hall–Kier alpha value is -1.06. The fourth-order valence-electron chi connectivity index (χ4n) is 3.18. The van der Waals surface area contributed by atoms with Crippen molar-refractivity contribution >= 4 is 0 Å². The zero-order valence-electron chi connectivity index (χ0n) is 11.2. The Morgan fingerprint density at radius 1 is 1.33 bits per heavy atom.